The summed E-state index contributed by atoms with van der Waals surface area (Å²) in [5.41, 5.74) is 2.35. The highest BCUT2D eigenvalue weighted by atomic mass is 16.5. The van der Waals surface area contributed by atoms with Gasteiger partial charge >= 0.3 is 0 Å². The van der Waals surface area contributed by atoms with E-state index in [4.69, 9.17) is 21.1 Å². The van der Waals surface area contributed by atoms with Gasteiger partial charge in [0.15, 0.2) is 11.4 Å². The zero-order chi connectivity index (χ0) is 13.8. The molecule has 0 saturated carbocycles. The third-order valence-corrected chi connectivity index (χ3v) is 2.99. The summed E-state index contributed by atoms with van der Waals surface area (Å²) >= 11 is 0. The van der Waals surface area contributed by atoms with Crippen LogP contribution in [0.25, 0.3) is 0 Å². The molecule has 2 heterocycles. The molecule has 0 radical (unpaired) electrons. The van der Waals surface area contributed by atoms with Crippen LogP contribution in [0.15, 0.2) is 6.33 Å². The number of nitrogens with two attached hydrogens (primary N) is 1. The van der Waals surface area contributed by atoms with Gasteiger partial charge in [-0.15, -0.1) is 0 Å². The summed E-state index contributed by atoms with van der Waals surface area (Å²) in [6.45, 7) is 0.381. The van der Waals surface area contributed by atoms with Crippen LogP contribution in [-0.2, 0) is 16.1 Å². The van der Waals surface area contributed by atoms with Crippen LogP contribution in [0.3, 0.4) is 0 Å². The van der Waals surface area contributed by atoms with Crippen molar-refractivity contribution in [1.29, 1.82) is 10.5 Å². The first-order valence-corrected chi connectivity index (χ1v) is 5.70. The number of ether oxygens (including phenoxy) is 1. The van der Waals surface area contributed by atoms with Crippen molar-refractivity contribution >= 4 is 5.91 Å². The van der Waals surface area contributed by atoms with E-state index in [0.717, 1.165) is 0 Å². The lowest BCUT2D eigenvalue weighted by Gasteiger charge is -2.13. The minimum atomic E-state index is -0.556. The molecule has 0 aliphatic carbocycles. The first-order chi connectivity index (χ1) is 9.19. The highest BCUT2D eigenvalue weighted by molar-refractivity contribution is 5.80. The van der Waals surface area contributed by atoms with Crippen LogP contribution >= 0.6 is 0 Å². The number of hydrazine groups is 1. The lowest BCUT2D eigenvalue weighted by Crippen LogP contribution is -2.39. The number of hydrogen-bond donors (Lipinski definition) is 2. The second-order valence-electron chi connectivity index (χ2n) is 4.15. The van der Waals surface area contributed by atoms with Crippen LogP contribution in [-0.4, -0.2) is 27.7 Å². The minimum absolute atomic E-state index is 0.0942. The molecule has 2 atom stereocenters. The van der Waals surface area contributed by atoms with Crippen LogP contribution in [0, 0.1) is 22.7 Å². The number of aromatic nitrogens is 2. The maximum atomic E-state index is 11.3. The van der Waals surface area contributed by atoms with E-state index in [9.17, 15) is 4.79 Å². The monoisotopic (exact) mass is 260 g/mol. The molecule has 0 spiro atoms. The predicted octanol–water partition coefficient (Wildman–Crippen LogP) is -0.836. The Morgan fingerprint density at radius 1 is 1.58 bits per heavy atom. The fourth-order valence-corrected chi connectivity index (χ4v) is 2.06. The third-order valence-electron chi connectivity index (χ3n) is 2.99. The van der Waals surface area contributed by atoms with Gasteiger partial charge in [-0.25, -0.2) is 10.8 Å². The van der Waals surface area contributed by atoms with Crippen molar-refractivity contribution in [2.75, 3.05) is 0 Å². The van der Waals surface area contributed by atoms with E-state index in [1.54, 1.807) is 4.57 Å². The highest BCUT2D eigenvalue weighted by Gasteiger charge is 2.31. The average Bonchev–Trinajstić information content (AvgIpc) is 3.04. The van der Waals surface area contributed by atoms with E-state index >= 15 is 0 Å². The van der Waals surface area contributed by atoms with E-state index in [0.29, 0.717) is 19.4 Å². The first kappa shape index (κ1) is 13.0. The Hall–Kier alpha value is -2.42. The number of rotatable bonds is 3. The van der Waals surface area contributed by atoms with Gasteiger partial charge in [-0.05, 0) is 12.8 Å². The fraction of sp³-hybridized carbons (Fsp3) is 0.455. The van der Waals surface area contributed by atoms with Crippen LogP contribution in [0.4, 0.5) is 0 Å². The van der Waals surface area contributed by atoms with Crippen molar-refractivity contribution in [1.82, 2.24) is 15.0 Å². The molecule has 1 fully saturated rings. The summed E-state index contributed by atoms with van der Waals surface area (Å²) in [6.07, 6.45) is 1.93. The van der Waals surface area contributed by atoms with Crippen LogP contribution in [0.5, 0.6) is 0 Å². The average molecular weight is 260 g/mol. The quantitative estimate of drug-likeness (QED) is 0.414. The Labute approximate surface area is 109 Å². The van der Waals surface area contributed by atoms with E-state index in [2.05, 4.69) is 4.98 Å². The fourth-order valence-electron chi connectivity index (χ4n) is 2.06. The number of imidazole rings is 1. The van der Waals surface area contributed by atoms with Crippen molar-refractivity contribution in [3.63, 3.8) is 0 Å². The Kier molecular flexibility index (Phi) is 3.76. The van der Waals surface area contributed by atoms with E-state index in [1.165, 1.54) is 6.33 Å². The molecule has 8 heteroatoms. The standard InChI is InChI=1S/C11H12N6O2/c12-3-8-9(4-13)17(6-15-8)5-7-1-2-10(19-7)11(18)16-14/h6-7,10H,1-2,5,14H2,(H,16,18). The number of carbonyl (C=O) groups excluding carboxylic acids is 1. The van der Waals surface area contributed by atoms with Gasteiger partial charge in [-0.2, -0.15) is 10.5 Å². The molecule has 1 aliphatic heterocycles. The summed E-state index contributed by atoms with van der Waals surface area (Å²) < 4.78 is 7.09. The summed E-state index contributed by atoms with van der Waals surface area (Å²) in [5, 5.41) is 17.8. The molecule has 0 bridgehead atoms. The summed E-state index contributed by atoms with van der Waals surface area (Å²) in [5.74, 6) is 4.69. The Morgan fingerprint density at radius 2 is 2.37 bits per heavy atom. The molecule has 8 nitrogen and oxygen atoms in total. The van der Waals surface area contributed by atoms with E-state index < -0.39 is 6.10 Å². The number of hydrogen-bond acceptors (Lipinski definition) is 6. The van der Waals surface area contributed by atoms with Crippen LogP contribution in [0.1, 0.15) is 24.2 Å². The largest absolute Gasteiger partial charge is 0.363 e. The molecule has 1 amide bonds. The molecule has 1 aromatic heterocycles. The number of carbonyl (C=O) groups is 1. The van der Waals surface area contributed by atoms with Gasteiger partial charge in [-0.3, -0.25) is 10.2 Å². The van der Waals surface area contributed by atoms with Gasteiger partial charge in [-0.1, -0.05) is 0 Å². The predicted molar refractivity (Wildman–Crippen MR) is 61.9 cm³/mol. The van der Waals surface area contributed by atoms with Gasteiger partial charge in [0.25, 0.3) is 5.91 Å². The number of nitriles is 2. The van der Waals surface area contributed by atoms with Gasteiger partial charge in [0.1, 0.15) is 18.2 Å². The first-order valence-electron chi connectivity index (χ1n) is 5.70. The lowest BCUT2D eigenvalue weighted by molar-refractivity contribution is -0.132. The van der Waals surface area contributed by atoms with E-state index in [-0.39, 0.29) is 23.4 Å². The van der Waals surface area contributed by atoms with Crippen molar-refractivity contribution in [3.8, 4) is 12.1 Å². The molecular formula is C11H12N6O2. The van der Waals surface area contributed by atoms with Gasteiger partial charge in [0, 0.05) is 0 Å². The zero-order valence-electron chi connectivity index (χ0n) is 10.0. The van der Waals surface area contributed by atoms with Gasteiger partial charge in [0.2, 0.25) is 0 Å². The molecule has 1 aliphatic rings. The third kappa shape index (κ3) is 2.55. The smallest absolute Gasteiger partial charge is 0.263 e. The molecular weight excluding hydrogens is 248 g/mol. The maximum Gasteiger partial charge on any atom is 0.263 e. The zero-order valence-corrected chi connectivity index (χ0v) is 10.0. The van der Waals surface area contributed by atoms with Crippen molar-refractivity contribution in [2.45, 2.75) is 31.6 Å². The highest BCUT2D eigenvalue weighted by Crippen LogP contribution is 2.22. The summed E-state index contributed by atoms with van der Waals surface area (Å²) in [6, 6.07) is 3.79. The lowest BCUT2D eigenvalue weighted by atomic mass is 10.2. The SMILES string of the molecule is N#Cc1ncn(CC2CCC(C(=O)NN)O2)c1C#N. The molecule has 3 N–H and O–H groups in total. The molecule has 1 saturated heterocycles. The molecule has 0 aromatic carbocycles. The normalized spacial score (nSPS) is 21.6. The maximum absolute atomic E-state index is 11.3. The number of amides is 1. The summed E-state index contributed by atoms with van der Waals surface area (Å²) in [4.78, 5) is 15.2. The molecule has 98 valence electrons. The minimum Gasteiger partial charge on any atom is -0.363 e. The van der Waals surface area contributed by atoms with E-state index in [1.807, 2.05) is 17.6 Å². The second kappa shape index (κ2) is 5.48. The van der Waals surface area contributed by atoms with Crippen LogP contribution in [0.2, 0.25) is 0 Å². The Morgan fingerprint density at radius 3 is 3.00 bits per heavy atom. The number of nitrogens with one attached hydrogen (secondary N) is 1. The Balaban J connectivity index is 2.04. The molecule has 2 rings (SSSR count). The molecule has 19 heavy (non-hydrogen) atoms. The molecule has 2 unspecified atom stereocenters. The Bertz CT molecular complexity index is 567. The van der Waals surface area contributed by atoms with Gasteiger partial charge < -0.3 is 9.30 Å². The molecule has 1 aromatic rings. The van der Waals surface area contributed by atoms with Gasteiger partial charge in [0.05, 0.1) is 19.0 Å². The van der Waals surface area contributed by atoms with Crippen molar-refractivity contribution in [3.05, 3.63) is 17.7 Å². The van der Waals surface area contributed by atoms with Crippen LogP contribution < -0.4 is 11.3 Å². The topological polar surface area (TPSA) is 130 Å². The van der Waals surface area contributed by atoms with Crippen molar-refractivity contribution in [2.24, 2.45) is 5.84 Å². The second-order valence-corrected chi connectivity index (χ2v) is 4.15. The van der Waals surface area contributed by atoms with Crippen molar-refractivity contribution < 1.29 is 9.53 Å². The summed E-state index contributed by atoms with van der Waals surface area (Å²) in [7, 11) is 0. The number of nitrogens with zero attached hydrogens (tertiary/aromatic N) is 4.